The summed E-state index contributed by atoms with van der Waals surface area (Å²) in [6.45, 7) is 5.99. The van der Waals surface area contributed by atoms with Crippen molar-refractivity contribution in [2.75, 3.05) is 24.8 Å². The first kappa shape index (κ1) is 25.3. The number of benzene rings is 2. The number of hydrogen-bond acceptors (Lipinski definition) is 7. The summed E-state index contributed by atoms with van der Waals surface area (Å²) in [4.78, 5) is 25.2. The van der Waals surface area contributed by atoms with Crippen LogP contribution in [0.15, 0.2) is 47.6 Å². The zero-order valence-corrected chi connectivity index (χ0v) is 20.5. The summed E-state index contributed by atoms with van der Waals surface area (Å²) in [5.74, 6) is 0.702. The number of aryl methyl sites for hydroxylation is 2. The highest BCUT2D eigenvalue weighted by atomic mass is 32.2. The number of aromatic nitrogens is 3. The number of anilines is 1. The first-order valence-electron chi connectivity index (χ1n) is 10.8. The van der Waals surface area contributed by atoms with Crippen molar-refractivity contribution in [2.45, 2.75) is 38.5 Å². The van der Waals surface area contributed by atoms with Gasteiger partial charge in [-0.15, -0.1) is 10.2 Å². The highest BCUT2D eigenvalue weighted by molar-refractivity contribution is 7.99. The Kier molecular flexibility index (Phi) is 8.67. The third kappa shape index (κ3) is 6.15. The summed E-state index contributed by atoms with van der Waals surface area (Å²) in [6.07, 6.45) is 0. The molecular weight excluding hydrogens is 454 g/mol. The van der Waals surface area contributed by atoms with Gasteiger partial charge in [-0.05, 0) is 62.2 Å². The van der Waals surface area contributed by atoms with Crippen LogP contribution in [0.1, 0.15) is 40.3 Å². The van der Waals surface area contributed by atoms with Crippen molar-refractivity contribution >= 4 is 29.3 Å². The van der Waals surface area contributed by atoms with E-state index in [2.05, 4.69) is 20.8 Å². The zero-order valence-electron chi connectivity index (χ0n) is 19.7. The second kappa shape index (κ2) is 11.7. The number of carbonyl (C=O) groups is 2. The maximum absolute atomic E-state index is 12.7. The molecule has 1 heterocycles. The van der Waals surface area contributed by atoms with Crippen molar-refractivity contribution in [2.24, 2.45) is 0 Å². The summed E-state index contributed by atoms with van der Waals surface area (Å²) in [5, 5.41) is 24.6. The van der Waals surface area contributed by atoms with Gasteiger partial charge in [-0.1, -0.05) is 23.9 Å². The molecule has 34 heavy (non-hydrogen) atoms. The van der Waals surface area contributed by atoms with E-state index in [1.54, 1.807) is 35.9 Å². The van der Waals surface area contributed by atoms with Crippen LogP contribution in [0.4, 0.5) is 5.69 Å². The molecule has 180 valence electrons. The lowest BCUT2D eigenvalue weighted by Crippen LogP contribution is -2.32. The monoisotopic (exact) mass is 483 g/mol. The van der Waals surface area contributed by atoms with E-state index < -0.39 is 6.04 Å². The Hall–Kier alpha value is -3.37. The molecular formula is C24H29N5O4S. The van der Waals surface area contributed by atoms with E-state index >= 15 is 0 Å². The molecule has 10 heteroatoms. The SMILES string of the molecule is CCn1c(SCC(=O)Nc2cc(C)ccc2C)nnc1[C@@H](CO)NC(=O)c1ccc(OC)cc1. The number of aliphatic hydroxyl groups is 1. The average molecular weight is 484 g/mol. The lowest BCUT2D eigenvalue weighted by molar-refractivity contribution is -0.113. The van der Waals surface area contributed by atoms with Crippen molar-refractivity contribution in [1.29, 1.82) is 0 Å². The molecule has 9 nitrogen and oxygen atoms in total. The second-order valence-corrected chi connectivity index (χ2v) is 8.62. The van der Waals surface area contributed by atoms with Crippen molar-refractivity contribution in [3.8, 4) is 5.75 Å². The van der Waals surface area contributed by atoms with Crippen LogP contribution in [0.25, 0.3) is 0 Å². The molecule has 0 radical (unpaired) electrons. The Morgan fingerprint density at radius 3 is 2.53 bits per heavy atom. The summed E-state index contributed by atoms with van der Waals surface area (Å²) in [5.41, 5.74) is 3.27. The van der Waals surface area contributed by atoms with Gasteiger partial charge in [0, 0.05) is 17.8 Å². The molecule has 2 amide bonds. The molecule has 0 bridgehead atoms. The molecule has 0 aliphatic rings. The van der Waals surface area contributed by atoms with Gasteiger partial charge in [-0.2, -0.15) is 0 Å². The minimum absolute atomic E-state index is 0.146. The van der Waals surface area contributed by atoms with Crippen LogP contribution in [-0.4, -0.2) is 51.2 Å². The summed E-state index contributed by atoms with van der Waals surface area (Å²) in [6, 6.07) is 11.8. The predicted molar refractivity (Wildman–Crippen MR) is 131 cm³/mol. The van der Waals surface area contributed by atoms with Gasteiger partial charge in [0.2, 0.25) is 5.91 Å². The average Bonchev–Trinajstić information content (AvgIpc) is 3.26. The smallest absolute Gasteiger partial charge is 0.251 e. The van der Waals surface area contributed by atoms with Crippen molar-refractivity contribution in [1.82, 2.24) is 20.1 Å². The summed E-state index contributed by atoms with van der Waals surface area (Å²) < 4.78 is 6.90. The highest BCUT2D eigenvalue weighted by Gasteiger charge is 2.23. The van der Waals surface area contributed by atoms with E-state index in [0.29, 0.717) is 28.8 Å². The number of hydrogen-bond donors (Lipinski definition) is 3. The van der Waals surface area contributed by atoms with Crippen LogP contribution in [0.3, 0.4) is 0 Å². The number of nitrogens with zero attached hydrogens (tertiary/aromatic N) is 3. The Labute approximate surface area is 202 Å². The van der Waals surface area contributed by atoms with Gasteiger partial charge in [-0.3, -0.25) is 9.59 Å². The van der Waals surface area contributed by atoms with Gasteiger partial charge < -0.3 is 25.0 Å². The molecule has 0 unspecified atom stereocenters. The molecule has 0 aliphatic heterocycles. The molecule has 0 fully saturated rings. The van der Waals surface area contributed by atoms with E-state index in [4.69, 9.17) is 4.74 Å². The fraction of sp³-hybridized carbons (Fsp3) is 0.333. The number of ether oxygens (including phenoxy) is 1. The van der Waals surface area contributed by atoms with E-state index in [9.17, 15) is 14.7 Å². The molecule has 3 N–H and O–H groups in total. The van der Waals surface area contributed by atoms with Gasteiger partial charge in [-0.25, -0.2) is 0 Å². The number of methoxy groups -OCH3 is 1. The number of nitrogens with one attached hydrogen (secondary N) is 2. The second-order valence-electron chi connectivity index (χ2n) is 7.68. The maximum atomic E-state index is 12.7. The van der Waals surface area contributed by atoms with E-state index in [1.165, 1.54) is 11.8 Å². The van der Waals surface area contributed by atoms with Crippen LogP contribution in [0.2, 0.25) is 0 Å². The minimum atomic E-state index is -0.750. The normalized spacial score (nSPS) is 11.7. The molecule has 0 spiro atoms. The summed E-state index contributed by atoms with van der Waals surface area (Å²) >= 11 is 1.25. The number of thioether (sulfide) groups is 1. The number of amides is 2. The third-order valence-corrected chi connectivity index (χ3v) is 6.18. The fourth-order valence-corrected chi connectivity index (χ4v) is 4.13. The first-order chi connectivity index (χ1) is 16.4. The van der Waals surface area contributed by atoms with Crippen LogP contribution in [-0.2, 0) is 11.3 Å². The Balaban J connectivity index is 1.67. The Morgan fingerprint density at radius 1 is 1.15 bits per heavy atom. The van der Waals surface area contributed by atoms with Crippen molar-refractivity contribution < 1.29 is 19.4 Å². The number of aliphatic hydroxyl groups excluding tert-OH is 1. The van der Waals surface area contributed by atoms with Gasteiger partial charge in [0.05, 0.1) is 19.5 Å². The van der Waals surface area contributed by atoms with Crippen molar-refractivity contribution in [3.05, 3.63) is 65.0 Å². The fourth-order valence-electron chi connectivity index (χ4n) is 3.32. The topological polar surface area (TPSA) is 118 Å². The standard InChI is InChI=1S/C24H29N5O4S/c1-5-29-22(20(13-30)26-23(32)17-8-10-18(33-4)11-9-17)27-28-24(29)34-14-21(31)25-19-12-15(2)6-7-16(19)3/h6-12,20,30H,5,13-14H2,1-4H3,(H,25,31)(H,26,32)/t20-/m1/s1. The number of rotatable bonds is 10. The quantitative estimate of drug-likeness (QED) is 0.379. The minimum Gasteiger partial charge on any atom is -0.497 e. The van der Waals surface area contributed by atoms with Gasteiger partial charge in [0.25, 0.3) is 5.91 Å². The molecule has 3 aromatic rings. The molecule has 1 aromatic heterocycles. The molecule has 1 atom stereocenters. The molecule has 3 rings (SSSR count). The van der Waals surface area contributed by atoms with E-state index in [-0.39, 0.29) is 24.2 Å². The maximum Gasteiger partial charge on any atom is 0.251 e. The van der Waals surface area contributed by atoms with Gasteiger partial charge in [0.15, 0.2) is 11.0 Å². The third-order valence-electron chi connectivity index (χ3n) is 5.21. The zero-order chi connectivity index (χ0) is 24.7. The first-order valence-corrected chi connectivity index (χ1v) is 11.8. The lowest BCUT2D eigenvalue weighted by Gasteiger charge is -2.17. The van der Waals surface area contributed by atoms with Gasteiger partial charge in [0.1, 0.15) is 11.8 Å². The van der Waals surface area contributed by atoms with E-state index in [1.807, 2.05) is 39.0 Å². The van der Waals surface area contributed by atoms with Crippen LogP contribution < -0.4 is 15.4 Å². The van der Waals surface area contributed by atoms with E-state index in [0.717, 1.165) is 16.8 Å². The van der Waals surface area contributed by atoms with Crippen molar-refractivity contribution in [3.63, 3.8) is 0 Å². The molecule has 2 aromatic carbocycles. The Morgan fingerprint density at radius 2 is 1.88 bits per heavy atom. The van der Waals surface area contributed by atoms with Gasteiger partial charge >= 0.3 is 0 Å². The van der Waals surface area contributed by atoms with Crippen LogP contribution in [0, 0.1) is 13.8 Å². The highest BCUT2D eigenvalue weighted by Crippen LogP contribution is 2.22. The lowest BCUT2D eigenvalue weighted by atomic mass is 10.1. The molecule has 0 saturated heterocycles. The molecule has 0 aliphatic carbocycles. The van der Waals surface area contributed by atoms with Crippen LogP contribution in [0.5, 0.6) is 5.75 Å². The summed E-state index contributed by atoms with van der Waals surface area (Å²) in [7, 11) is 1.55. The number of carbonyl (C=O) groups excluding carboxylic acids is 2. The Bertz CT molecular complexity index is 1150. The molecule has 0 saturated carbocycles. The largest absolute Gasteiger partial charge is 0.497 e. The van der Waals surface area contributed by atoms with Crippen LogP contribution >= 0.6 is 11.8 Å². The predicted octanol–water partition coefficient (Wildman–Crippen LogP) is 3.12.